The first kappa shape index (κ1) is 74.3. The number of allylic oxidation sites excluding steroid dienone is 1. The smallest absolute Gasteiger partial charge is 0.497 e. The zero-order valence-corrected chi connectivity index (χ0v) is 56.0. The summed E-state index contributed by atoms with van der Waals surface area (Å²) < 4.78 is 35.4. The van der Waals surface area contributed by atoms with Crippen LogP contribution in [0.2, 0.25) is 0 Å². The van der Waals surface area contributed by atoms with E-state index in [0.29, 0.717) is 43.0 Å². The molecule has 3 aromatic carbocycles. The molecule has 0 aliphatic heterocycles. The molecule has 23 nitrogen and oxygen atoms in total. The van der Waals surface area contributed by atoms with Gasteiger partial charge in [-0.05, 0) is 149 Å². The molecule has 0 radical (unpaired) electrons. The van der Waals surface area contributed by atoms with Crippen molar-refractivity contribution in [3.8, 4) is 41.4 Å². The number of carbonyl (C=O) groups is 4. The fourth-order valence-corrected chi connectivity index (χ4v) is 9.64. The van der Waals surface area contributed by atoms with Gasteiger partial charge >= 0.3 is 42.7 Å². The van der Waals surface area contributed by atoms with Gasteiger partial charge in [-0.25, -0.2) is 48.4 Å². The van der Waals surface area contributed by atoms with Crippen LogP contribution in [0.15, 0.2) is 152 Å². The Kier molecular flexibility index (Phi) is 30.4. The number of hydrogen-bond donors (Lipinski definition) is 2. The Morgan fingerprint density at radius 2 is 1.05 bits per heavy atom. The van der Waals surface area contributed by atoms with Gasteiger partial charge in [0.05, 0.1) is 85.2 Å². The van der Waals surface area contributed by atoms with Gasteiger partial charge < -0.3 is 40.5 Å². The second-order valence-electron chi connectivity index (χ2n) is 19.3. The standard InChI is InChI=1S/C20H21N3O3.C18H15N3O3.C14H12IN3O.C11H13N3O2.C4H4O2.C2H5.Li/c1-4-15(12-18(24)26-3)19-17-6-5-11-21-20(17)23(22-19)13-14-7-9-16(25-2)10-8-14;1-23-14-7-5-13(6-8-14)12-21-18-15(4-3-11-19-18)16(20-21)9-10-17(22)24-2;1-19-11-6-4-10(5-7-11)9-18-14-12(13(15)17-18)3-2-8-16-14;1-2-7(6-9(15)16)10-8-4-3-5-12-11(8)14-13-10;1-3-4(5)6-2;1-2;/h5-12H,4,13H2,1-3H3;3-8,11H,12H2,1-2H3;2-8H,9H2,1H3;3-5,7H,2,6H2,1H3,(H,15,16)(H,12,13,14);1H,2H3;1H2,2H3;/q;;;;;-1;+1/b15-12-;;;;;;. The van der Waals surface area contributed by atoms with E-state index >= 15 is 0 Å². The summed E-state index contributed by atoms with van der Waals surface area (Å²) in [6.07, 6.45) is 14.5. The molecule has 11 rings (SSSR count). The van der Waals surface area contributed by atoms with Gasteiger partial charge in [-0.1, -0.05) is 50.2 Å². The maximum atomic E-state index is 11.7. The number of esters is 3. The molecule has 8 heterocycles. The van der Waals surface area contributed by atoms with Gasteiger partial charge in [0.15, 0.2) is 22.6 Å². The summed E-state index contributed by atoms with van der Waals surface area (Å²) in [5, 5.41) is 33.3. The van der Waals surface area contributed by atoms with Gasteiger partial charge in [0, 0.05) is 65.1 Å². The van der Waals surface area contributed by atoms with E-state index in [1.165, 1.54) is 33.0 Å². The number of nitrogens with zero attached hydrogens (tertiary/aromatic N) is 11. The molecule has 2 N–H and O–H groups in total. The quantitative estimate of drug-likeness (QED) is 0.0135. The topological polar surface area (TPSA) is 278 Å². The van der Waals surface area contributed by atoms with E-state index in [1.807, 2.05) is 145 Å². The summed E-state index contributed by atoms with van der Waals surface area (Å²) in [5.74, 6) is 6.93. The first-order chi connectivity index (χ1) is 45.2. The molecule has 0 amide bonds. The number of halogens is 1. The van der Waals surface area contributed by atoms with Crippen LogP contribution in [0.3, 0.4) is 0 Å². The third-order valence-electron chi connectivity index (χ3n) is 13.6. The van der Waals surface area contributed by atoms with Crippen molar-refractivity contribution >= 4 is 96.2 Å². The van der Waals surface area contributed by atoms with Crippen LogP contribution in [0.25, 0.3) is 49.7 Å². The van der Waals surface area contributed by atoms with Crippen molar-refractivity contribution in [2.24, 2.45) is 0 Å². The van der Waals surface area contributed by atoms with Crippen LogP contribution in [0.4, 0.5) is 0 Å². The molecule has 0 bridgehead atoms. The van der Waals surface area contributed by atoms with E-state index in [1.54, 1.807) is 63.6 Å². The van der Waals surface area contributed by atoms with Gasteiger partial charge in [0.2, 0.25) is 0 Å². The second kappa shape index (κ2) is 38.5. The third-order valence-corrected chi connectivity index (χ3v) is 14.4. The Bertz CT molecular complexity index is 4400. The van der Waals surface area contributed by atoms with E-state index in [4.69, 9.17) is 29.2 Å². The Hall–Kier alpha value is -10.4. The van der Waals surface area contributed by atoms with E-state index in [0.717, 1.165) is 88.3 Å². The van der Waals surface area contributed by atoms with Gasteiger partial charge in [0.25, 0.3) is 0 Å². The largest absolute Gasteiger partial charge is 1.00 e. The van der Waals surface area contributed by atoms with Crippen LogP contribution < -0.4 is 33.1 Å². The number of nitrogens with one attached hydrogen (secondary N) is 1. The van der Waals surface area contributed by atoms with Gasteiger partial charge in [-0.15, -0.1) is 6.42 Å². The first-order valence-electron chi connectivity index (χ1n) is 28.8. The summed E-state index contributed by atoms with van der Waals surface area (Å²) in [5.41, 5.74) is 9.31. The Balaban J connectivity index is 0.000000220. The molecule has 0 fully saturated rings. The van der Waals surface area contributed by atoms with Crippen molar-refractivity contribution in [2.75, 3.05) is 42.7 Å². The van der Waals surface area contributed by atoms with Crippen LogP contribution in [0, 0.1) is 34.8 Å². The number of methoxy groups -OCH3 is 6. The SMILES string of the molecule is C#CC(=O)OC.CC/C(=C/C(=O)OC)c1nn(Cc2ccc(OC)cc2)c2ncccc12.CCC(CC(=O)O)c1[nH]nc2ncccc12.COC(=O)C#Cc1nn(Cc2ccc(OC)cc2)c2ncccc12.COc1ccc(Cn2nc(I)c3cccnc32)cc1.[CH2-]C.[Li+]. The van der Waals surface area contributed by atoms with Crippen molar-refractivity contribution in [3.63, 3.8) is 0 Å². The van der Waals surface area contributed by atoms with Gasteiger partial charge in [-0.3, -0.25) is 9.89 Å². The molecule has 0 spiro atoms. The van der Waals surface area contributed by atoms with E-state index in [9.17, 15) is 19.2 Å². The minimum Gasteiger partial charge on any atom is -0.497 e. The summed E-state index contributed by atoms with van der Waals surface area (Å²) in [7, 11) is 8.84. The molecular weight excluding hydrogens is 1310 g/mol. The number of ether oxygens (including phenoxy) is 6. The molecule has 1 unspecified atom stereocenters. The minimum atomic E-state index is -0.793. The molecular formula is C69H70ILiN12O11. The van der Waals surface area contributed by atoms with Gasteiger partial charge in [-0.2, -0.15) is 27.3 Å². The number of pyridine rings is 4. The Morgan fingerprint density at radius 3 is 1.50 bits per heavy atom. The molecule has 0 saturated carbocycles. The van der Waals surface area contributed by atoms with Crippen molar-refractivity contribution in [1.29, 1.82) is 0 Å². The van der Waals surface area contributed by atoms with E-state index in [-0.39, 0.29) is 37.2 Å². The number of aromatic nitrogens is 12. The first-order valence-corrected chi connectivity index (χ1v) is 29.9. The number of H-pyrrole nitrogens is 1. The number of benzene rings is 3. The summed E-state index contributed by atoms with van der Waals surface area (Å²) in [6, 6.07) is 38.8. The number of rotatable bonds is 16. The van der Waals surface area contributed by atoms with E-state index in [2.05, 4.69) is 97.6 Å². The van der Waals surface area contributed by atoms with Crippen LogP contribution in [-0.4, -0.2) is 131 Å². The molecule has 0 aliphatic rings. The summed E-state index contributed by atoms with van der Waals surface area (Å²) in [4.78, 5) is 60.7. The molecule has 0 aliphatic carbocycles. The van der Waals surface area contributed by atoms with Crippen LogP contribution >= 0.6 is 22.6 Å². The Labute approximate surface area is 569 Å². The second-order valence-corrected chi connectivity index (χ2v) is 20.3. The van der Waals surface area contributed by atoms with Crippen molar-refractivity contribution in [3.05, 3.63) is 197 Å². The monoisotopic (exact) mass is 1380 g/mol. The summed E-state index contributed by atoms with van der Waals surface area (Å²) in [6.45, 7) is 10.8. The zero-order valence-electron chi connectivity index (χ0n) is 53.9. The molecule has 0 saturated heterocycles. The number of hydrogen-bond acceptors (Lipinski definition) is 18. The predicted molar refractivity (Wildman–Crippen MR) is 362 cm³/mol. The normalized spacial score (nSPS) is 10.6. The van der Waals surface area contributed by atoms with E-state index < -0.39 is 17.9 Å². The average Bonchev–Trinajstić information content (AvgIpc) is 2.13. The van der Waals surface area contributed by atoms with Crippen LogP contribution in [0.5, 0.6) is 17.2 Å². The van der Waals surface area contributed by atoms with Gasteiger partial charge in [0.1, 0.15) is 26.6 Å². The number of aliphatic carboxylic acids is 1. The fourth-order valence-electron chi connectivity index (χ4n) is 8.96. The number of carboxylic acids is 1. The number of fused-ring (bicyclic) bond motifs is 4. The van der Waals surface area contributed by atoms with Crippen LogP contribution in [-0.2, 0) is 53.0 Å². The fraction of sp³-hybridized carbons (Fsp3) is 0.232. The number of aromatic amines is 1. The van der Waals surface area contributed by atoms with Crippen molar-refractivity contribution < 1.29 is 71.6 Å². The average molecular weight is 1380 g/mol. The molecule has 11 aromatic rings. The molecule has 1 atom stereocenters. The third kappa shape index (κ3) is 20.8. The molecule has 8 aromatic heterocycles. The number of terminal acetylenes is 1. The number of carbonyl (C=O) groups excluding carboxylic acids is 3. The maximum absolute atomic E-state index is 11.7. The Morgan fingerprint density at radius 1 is 0.606 bits per heavy atom. The maximum Gasteiger partial charge on any atom is 1.00 e. The zero-order chi connectivity index (χ0) is 67.2. The molecule has 25 heteroatoms. The van der Waals surface area contributed by atoms with Crippen LogP contribution in [0.1, 0.15) is 79.7 Å². The predicted octanol–water partition coefficient (Wildman–Crippen LogP) is 8.12. The summed E-state index contributed by atoms with van der Waals surface area (Å²) >= 11 is 2.24. The molecule has 94 heavy (non-hydrogen) atoms. The number of carboxylic acid groups (broad SMARTS) is 1. The minimum absolute atomic E-state index is 0. The van der Waals surface area contributed by atoms with Crippen molar-refractivity contribution in [1.82, 2.24) is 59.5 Å². The van der Waals surface area contributed by atoms with Crippen molar-refractivity contribution in [2.45, 2.75) is 65.6 Å². The molecule has 480 valence electrons.